The number of hydrogen-bond acceptors (Lipinski definition) is 6. The van der Waals surface area contributed by atoms with Crippen LogP contribution in [0.4, 0.5) is 4.39 Å². The number of nitrogens with two attached hydrogens (primary N) is 1. The lowest BCUT2D eigenvalue weighted by molar-refractivity contribution is 0.431. The maximum atomic E-state index is 12.8. The molecule has 2 heterocycles. The highest BCUT2D eigenvalue weighted by Crippen LogP contribution is 2.23. The van der Waals surface area contributed by atoms with E-state index in [0.717, 1.165) is 5.01 Å². The van der Waals surface area contributed by atoms with Crippen molar-refractivity contribution in [2.24, 2.45) is 5.73 Å². The van der Waals surface area contributed by atoms with Crippen LogP contribution in [0.5, 0.6) is 0 Å². The lowest BCUT2D eigenvalue weighted by atomic mass is 10.2. The van der Waals surface area contributed by atoms with Crippen LogP contribution in [0.2, 0.25) is 0 Å². The Morgan fingerprint density at radius 1 is 1.21 bits per heavy atom. The van der Waals surface area contributed by atoms with Gasteiger partial charge in [-0.3, -0.25) is 0 Å². The van der Waals surface area contributed by atoms with Crippen molar-refractivity contribution in [3.63, 3.8) is 0 Å². The van der Waals surface area contributed by atoms with Gasteiger partial charge >= 0.3 is 0 Å². The van der Waals surface area contributed by atoms with Gasteiger partial charge in [0, 0.05) is 17.5 Å². The molecule has 0 saturated carbocycles. The van der Waals surface area contributed by atoms with Crippen molar-refractivity contribution in [3.8, 4) is 23.0 Å². The first-order valence-corrected chi connectivity index (χ1v) is 6.39. The fourth-order valence-corrected chi connectivity index (χ4v) is 2.20. The molecule has 0 aliphatic carbocycles. The summed E-state index contributed by atoms with van der Waals surface area (Å²) < 4.78 is 18.0. The SMILES string of the molecule is NCc1nc(-c2nc(-c3ccc(F)cc3)no2)cs1. The van der Waals surface area contributed by atoms with Gasteiger partial charge < -0.3 is 10.3 Å². The van der Waals surface area contributed by atoms with Crippen LogP contribution >= 0.6 is 11.3 Å². The zero-order valence-corrected chi connectivity index (χ0v) is 10.5. The third-order valence-electron chi connectivity index (χ3n) is 2.47. The van der Waals surface area contributed by atoms with E-state index in [2.05, 4.69) is 15.1 Å². The Hall–Kier alpha value is -2.12. The van der Waals surface area contributed by atoms with Gasteiger partial charge in [-0.1, -0.05) is 5.16 Å². The van der Waals surface area contributed by atoms with Crippen LogP contribution in [0.1, 0.15) is 5.01 Å². The molecule has 0 atom stereocenters. The average Bonchev–Trinajstić information content (AvgIpc) is 3.08. The summed E-state index contributed by atoms with van der Waals surface area (Å²) in [6.45, 7) is 0.379. The van der Waals surface area contributed by atoms with Gasteiger partial charge in [-0.2, -0.15) is 4.98 Å². The van der Waals surface area contributed by atoms with E-state index in [1.54, 1.807) is 12.1 Å². The monoisotopic (exact) mass is 276 g/mol. The third kappa shape index (κ3) is 2.38. The smallest absolute Gasteiger partial charge is 0.277 e. The lowest BCUT2D eigenvalue weighted by Crippen LogP contribution is -1.94. The van der Waals surface area contributed by atoms with E-state index in [9.17, 15) is 4.39 Å². The Balaban J connectivity index is 1.92. The highest BCUT2D eigenvalue weighted by Gasteiger charge is 2.13. The first-order chi connectivity index (χ1) is 9.26. The van der Waals surface area contributed by atoms with E-state index in [-0.39, 0.29) is 5.82 Å². The zero-order chi connectivity index (χ0) is 13.2. The number of hydrogen-bond donors (Lipinski definition) is 1. The van der Waals surface area contributed by atoms with Crippen molar-refractivity contribution in [1.82, 2.24) is 15.1 Å². The van der Waals surface area contributed by atoms with Crippen molar-refractivity contribution in [2.75, 3.05) is 0 Å². The first-order valence-electron chi connectivity index (χ1n) is 5.51. The summed E-state index contributed by atoms with van der Waals surface area (Å²) in [7, 11) is 0. The minimum Gasteiger partial charge on any atom is -0.332 e. The summed E-state index contributed by atoms with van der Waals surface area (Å²) in [5, 5.41) is 6.46. The molecule has 0 aliphatic rings. The lowest BCUT2D eigenvalue weighted by Gasteiger charge is -1.92. The van der Waals surface area contributed by atoms with Crippen molar-refractivity contribution >= 4 is 11.3 Å². The Labute approximate surface area is 111 Å². The standard InChI is InChI=1S/C12H9FN4OS/c13-8-3-1-7(2-4-8)11-16-12(18-17-11)9-6-19-10(5-14)15-9/h1-4,6H,5,14H2. The molecule has 19 heavy (non-hydrogen) atoms. The van der Waals surface area contributed by atoms with Gasteiger partial charge in [0.15, 0.2) is 0 Å². The molecule has 0 saturated heterocycles. The average molecular weight is 276 g/mol. The predicted molar refractivity (Wildman–Crippen MR) is 68.7 cm³/mol. The third-order valence-corrected chi connectivity index (χ3v) is 3.35. The van der Waals surface area contributed by atoms with Crippen LogP contribution in [-0.2, 0) is 6.54 Å². The molecular formula is C12H9FN4OS. The summed E-state index contributed by atoms with van der Waals surface area (Å²) >= 11 is 1.44. The van der Waals surface area contributed by atoms with Crippen molar-refractivity contribution < 1.29 is 8.91 Å². The Kier molecular flexibility index (Phi) is 3.06. The molecule has 2 N–H and O–H groups in total. The Morgan fingerprint density at radius 2 is 2.00 bits per heavy atom. The van der Waals surface area contributed by atoms with Gasteiger partial charge in [0.25, 0.3) is 5.89 Å². The fraction of sp³-hybridized carbons (Fsp3) is 0.0833. The second-order valence-electron chi connectivity index (χ2n) is 3.76. The Morgan fingerprint density at radius 3 is 2.68 bits per heavy atom. The topological polar surface area (TPSA) is 77.8 Å². The molecule has 96 valence electrons. The predicted octanol–water partition coefficient (Wildman–Crippen LogP) is 2.46. The summed E-state index contributed by atoms with van der Waals surface area (Å²) in [6.07, 6.45) is 0. The van der Waals surface area contributed by atoms with Crippen molar-refractivity contribution in [1.29, 1.82) is 0 Å². The maximum absolute atomic E-state index is 12.8. The van der Waals surface area contributed by atoms with Gasteiger partial charge in [-0.05, 0) is 24.3 Å². The van der Waals surface area contributed by atoms with Crippen molar-refractivity contribution in [3.05, 3.63) is 40.5 Å². The van der Waals surface area contributed by atoms with Gasteiger partial charge in [0.2, 0.25) is 5.82 Å². The van der Waals surface area contributed by atoms with Crippen LogP contribution in [-0.4, -0.2) is 15.1 Å². The zero-order valence-electron chi connectivity index (χ0n) is 9.71. The van der Waals surface area contributed by atoms with E-state index in [1.165, 1.54) is 23.5 Å². The molecular weight excluding hydrogens is 267 g/mol. The summed E-state index contributed by atoms with van der Waals surface area (Å²) in [6, 6.07) is 5.88. The maximum Gasteiger partial charge on any atom is 0.277 e. The summed E-state index contributed by atoms with van der Waals surface area (Å²) in [5.41, 5.74) is 6.79. The second kappa shape index (κ2) is 4.87. The second-order valence-corrected chi connectivity index (χ2v) is 4.70. The largest absolute Gasteiger partial charge is 0.332 e. The summed E-state index contributed by atoms with van der Waals surface area (Å²) in [5.74, 6) is 0.423. The van der Waals surface area contributed by atoms with E-state index >= 15 is 0 Å². The van der Waals surface area contributed by atoms with E-state index in [1.807, 2.05) is 5.38 Å². The van der Waals surface area contributed by atoms with E-state index in [4.69, 9.17) is 10.3 Å². The molecule has 0 unspecified atom stereocenters. The highest BCUT2D eigenvalue weighted by atomic mass is 32.1. The van der Waals surface area contributed by atoms with Crippen LogP contribution in [0.15, 0.2) is 34.2 Å². The van der Waals surface area contributed by atoms with Gasteiger partial charge in [0.05, 0.1) is 0 Å². The number of rotatable bonds is 3. The summed E-state index contributed by atoms with van der Waals surface area (Å²) in [4.78, 5) is 8.49. The molecule has 2 aromatic heterocycles. The number of aromatic nitrogens is 3. The molecule has 5 nitrogen and oxygen atoms in total. The van der Waals surface area contributed by atoms with Gasteiger partial charge in [-0.15, -0.1) is 11.3 Å². The molecule has 0 aliphatic heterocycles. The minimum atomic E-state index is -0.306. The molecule has 3 rings (SSSR count). The number of halogens is 1. The number of thiazole rings is 1. The molecule has 0 fully saturated rings. The fourth-order valence-electron chi connectivity index (χ4n) is 1.55. The van der Waals surface area contributed by atoms with Crippen molar-refractivity contribution in [2.45, 2.75) is 6.54 Å². The number of benzene rings is 1. The number of nitrogens with zero attached hydrogens (tertiary/aromatic N) is 3. The van der Waals surface area contributed by atoms with Gasteiger partial charge in [0.1, 0.15) is 16.5 Å². The molecule has 0 spiro atoms. The minimum absolute atomic E-state index is 0.306. The first kappa shape index (κ1) is 11.9. The molecule has 1 aromatic carbocycles. The van der Waals surface area contributed by atoms with Crippen LogP contribution in [0.3, 0.4) is 0 Å². The highest BCUT2D eigenvalue weighted by molar-refractivity contribution is 7.09. The molecule has 7 heteroatoms. The quantitative estimate of drug-likeness (QED) is 0.795. The molecule has 0 radical (unpaired) electrons. The molecule has 0 bridgehead atoms. The van der Waals surface area contributed by atoms with Crippen LogP contribution in [0.25, 0.3) is 23.0 Å². The molecule has 3 aromatic rings. The normalized spacial score (nSPS) is 10.8. The van der Waals surface area contributed by atoms with Gasteiger partial charge in [-0.25, -0.2) is 9.37 Å². The van der Waals surface area contributed by atoms with Crippen LogP contribution < -0.4 is 5.73 Å². The van der Waals surface area contributed by atoms with E-state index < -0.39 is 0 Å². The Bertz CT molecular complexity index is 692. The molecule has 0 amide bonds. The van der Waals surface area contributed by atoms with Crippen LogP contribution in [0, 0.1) is 5.82 Å². The van der Waals surface area contributed by atoms with E-state index in [0.29, 0.717) is 29.5 Å².